The van der Waals surface area contributed by atoms with Crippen molar-refractivity contribution >= 4 is 0 Å². The third kappa shape index (κ3) is 18.4. The molecule has 0 aliphatic rings. The first-order chi connectivity index (χ1) is 12.1. The van der Waals surface area contributed by atoms with Gasteiger partial charge in [0.1, 0.15) is 0 Å². The summed E-state index contributed by atoms with van der Waals surface area (Å²) in [5.74, 6) is 0. The normalized spacial score (nSPS) is 15.2. The standard InChI is InChI=1S/C21H44O4/c1-6-8-10-12-14-22-16-19(3)24-18-21(5)25-17-20(4)23-15-13-11-9-7-2/h19-21H,6-18H2,1-5H3. The molecule has 0 radical (unpaired) electrons. The molecule has 0 heterocycles. The van der Waals surface area contributed by atoms with Crippen LogP contribution in [-0.4, -0.2) is 51.3 Å². The molecule has 0 aliphatic carbocycles. The second kappa shape index (κ2) is 18.6. The number of unbranched alkanes of at least 4 members (excludes halogenated alkanes) is 6. The first kappa shape index (κ1) is 24.8. The van der Waals surface area contributed by atoms with E-state index in [0.717, 1.165) is 26.1 Å². The zero-order chi connectivity index (χ0) is 18.8. The molecule has 0 bridgehead atoms. The van der Waals surface area contributed by atoms with Crippen LogP contribution in [0.15, 0.2) is 0 Å². The van der Waals surface area contributed by atoms with E-state index in [2.05, 4.69) is 27.7 Å². The Morgan fingerprint density at radius 3 is 1.56 bits per heavy atom. The second-order valence-electron chi connectivity index (χ2n) is 7.17. The Kier molecular flexibility index (Phi) is 18.5. The van der Waals surface area contributed by atoms with E-state index in [1.165, 1.54) is 38.5 Å². The van der Waals surface area contributed by atoms with Crippen LogP contribution in [0.5, 0.6) is 0 Å². The summed E-state index contributed by atoms with van der Waals surface area (Å²) in [7, 11) is 0. The average molecular weight is 361 g/mol. The van der Waals surface area contributed by atoms with Gasteiger partial charge < -0.3 is 18.9 Å². The first-order valence-corrected chi connectivity index (χ1v) is 10.5. The van der Waals surface area contributed by atoms with Crippen LogP contribution >= 0.6 is 0 Å². The molecule has 0 spiro atoms. The molecule has 25 heavy (non-hydrogen) atoms. The third-order valence-corrected chi connectivity index (χ3v) is 4.13. The molecule has 0 saturated heterocycles. The quantitative estimate of drug-likeness (QED) is 0.290. The lowest BCUT2D eigenvalue weighted by Crippen LogP contribution is -2.26. The highest BCUT2D eigenvalue weighted by atomic mass is 16.6. The smallest absolute Gasteiger partial charge is 0.0781 e. The fourth-order valence-corrected chi connectivity index (χ4v) is 2.44. The number of rotatable bonds is 19. The van der Waals surface area contributed by atoms with Crippen molar-refractivity contribution in [1.29, 1.82) is 0 Å². The highest BCUT2D eigenvalue weighted by Crippen LogP contribution is 2.04. The van der Waals surface area contributed by atoms with Gasteiger partial charge in [-0.05, 0) is 33.6 Å². The molecule has 152 valence electrons. The maximum absolute atomic E-state index is 5.81. The minimum absolute atomic E-state index is 0.0816. The van der Waals surface area contributed by atoms with E-state index in [1.807, 2.05) is 6.92 Å². The average Bonchev–Trinajstić information content (AvgIpc) is 2.61. The van der Waals surface area contributed by atoms with Gasteiger partial charge >= 0.3 is 0 Å². The Morgan fingerprint density at radius 2 is 1.00 bits per heavy atom. The Balaban J connectivity index is 3.47. The lowest BCUT2D eigenvalue weighted by molar-refractivity contribution is -0.0802. The Hall–Kier alpha value is -0.160. The fourth-order valence-electron chi connectivity index (χ4n) is 2.44. The van der Waals surface area contributed by atoms with Crippen molar-refractivity contribution in [3.8, 4) is 0 Å². The fraction of sp³-hybridized carbons (Fsp3) is 1.00. The van der Waals surface area contributed by atoms with Crippen molar-refractivity contribution in [2.75, 3.05) is 33.0 Å². The maximum atomic E-state index is 5.81. The summed E-state index contributed by atoms with van der Waals surface area (Å²) in [5, 5.41) is 0. The van der Waals surface area contributed by atoms with Gasteiger partial charge in [0.05, 0.1) is 38.1 Å². The van der Waals surface area contributed by atoms with Crippen LogP contribution in [0.4, 0.5) is 0 Å². The molecule has 0 amide bonds. The summed E-state index contributed by atoms with van der Waals surface area (Å²) >= 11 is 0. The van der Waals surface area contributed by atoms with Gasteiger partial charge in [-0.25, -0.2) is 0 Å². The molecule has 4 heteroatoms. The van der Waals surface area contributed by atoms with E-state index in [4.69, 9.17) is 18.9 Å². The van der Waals surface area contributed by atoms with E-state index in [9.17, 15) is 0 Å². The zero-order valence-electron chi connectivity index (χ0n) is 17.6. The van der Waals surface area contributed by atoms with Gasteiger partial charge in [-0.1, -0.05) is 52.4 Å². The minimum atomic E-state index is 0.0816. The van der Waals surface area contributed by atoms with Gasteiger partial charge in [0, 0.05) is 13.2 Å². The largest absolute Gasteiger partial charge is 0.379 e. The summed E-state index contributed by atoms with van der Waals surface area (Å²) in [6, 6.07) is 0. The summed E-state index contributed by atoms with van der Waals surface area (Å²) in [5.41, 5.74) is 0. The van der Waals surface area contributed by atoms with Crippen LogP contribution in [0, 0.1) is 0 Å². The number of hydrogen-bond donors (Lipinski definition) is 0. The molecule has 0 N–H and O–H groups in total. The van der Waals surface area contributed by atoms with Gasteiger partial charge in [0.25, 0.3) is 0 Å². The molecule has 3 atom stereocenters. The Bertz CT molecular complexity index is 260. The molecule has 0 saturated carbocycles. The molecular weight excluding hydrogens is 316 g/mol. The van der Waals surface area contributed by atoms with Gasteiger partial charge in [-0.2, -0.15) is 0 Å². The van der Waals surface area contributed by atoms with Crippen molar-refractivity contribution in [2.45, 2.75) is 104 Å². The van der Waals surface area contributed by atoms with Crippen molar-refractivity contribution in [1.82, 2.24) is 0 Å². The van der Waals surface area contributed by atoms with Crippen LogP contribution < -0.4 is 0 Å². The van der Waals surface area contributed by atoms with Crippen molar-refractivity contribution in [3.05, 3.63) is 0 Å². The van der Waals surface area contributed by atoms with Crippen LogP contribution in [0.3, 0.4) is 0 Å². The van der Waals surface area contributed by atoms with Crippen LogP contribution in [0.25, 0.3) is 0 Å². The SMILES string of the molecule is CCCCCCOCC(C)OCC(C)OCC(C)OCCCCCC. The molecule has 0 rings (SSSR count). The molecule has 0 aromatic carbocycles. The first-order valence-electron chi connectivity index (χ1n) is 10.5. The van der Waals surface area contributed by atoms with E-state index >= 15 is 0 Å². The summed E-state index contributed by atoms with van der Waals surface area (Å²) < 4.78 is 23.0. The van der Waals surface area contributed by atoms with Crippen LogP contribution in [0.1, 0.15) is 86.0 Å². The molecule has 0 aliphatic heterocycles. The lowest BCUT2D eigenvalue weighted by Gasteiger charge is -2.20. The van der Waals surface area contributed by atoms with E-state index in [-0.39, 0.29) is 18.3 Å². The van der Waals surface area contributed by atoms with Gasteiger partial charge in [-0.3, -0.25) is 0 Å². The second-order valence-corrected chi connectivity index (χ2v) is 7.17. The van der Waals surface area contributed by atoms with Crippen molar-refractivity contribution < 1.29 is 18.9 Å². The molecular formula is C21H44O4. The summed E-state index contributed by atoms with van der Waals surface area (Å²) in [6.45, 7) is 14.2. The number of hydrogen-bond acceptors (Lipinski definition) is 4. The van der Waals surface area contributed by atoms with E-state index in [0.29, 0.717) is 19.8 Å². The summed E-state index contributed by atoms with van der Waals surface area (Å²) in [6.07, 6.45) is 10.3. The minimum Gasteiger partial charge on any atom is -0.379 e. The molecule has 0 aromatic heterocycles. The Morgan fingerprint density at radius 1 is 0.520 bits per heavy atom. The maximum Gasteiger partial charge on any atom is 0.0781 e. The predicted molar refractivity (Wildman–Crippen MR) is 105 cm³/mol. The zero-order valence-corrected chi connectivity index (χ0v) is 17.6. The third-order valence-electron chi connectivity index (χ3n) is 4.13. The van der Waals surface area contributed by atoms with Crippen LogP contribution in [0.2, 0.25) is 0 Å². The number of ether oxygens (including phenoxy) is 4. The summed E-state index contributed by atoms with van der Waals surface area (Å²) in [4.78, 5) is 0. The van der Waals surface area contributed by atoms with Gasteiger partial charge in [0.2, 0.25) is 0 Å². The molecule has 0 aromatic rings. The Labute approximate surface area is 156 Å². The molecule has 4 nitrogen and oxygen atoms in total. The monoisotopic (exact) mass is 360 g/mol. The van der Waals surface area contributed by atoms with Crippen LogP contribution in [-0.2, 0) is 18.9 Å². The molecule has 0 fully saturated rings. The van der Waals surface area contributed by atoms with E-state index in [1.54, 1.807) is 0 Å². The van der Waals surface area contributed by atoms with Gasteiger partial charge in [-0.15, -0.1) is 0 Å². The van der Waals surface area contributed by atoms with Crippen molar-refractivity contribution in [3.63, 3.8) is 0 Å². The van der Waals surface area contributed by atoms with Crippen molar-refractivity contribution in [2.24, 2.45) is 0 Å². The predicted octanol–water partition coefficient (Wildman–Crippen LogP) is 5.38. The lowest BCUT2D eigenvalue weighted by atomic mass is 10.2. The molecule has 3 unspecified atom stereocenters. The highest BCUT2D eigenvalue weighted by molar-refractivity contribution is 4.55. The topological polar surface area (TPSA) is 36.9 Å². The van der Waals surface area contributed by atoms with Gasteiger partial charge in [0.15, 0.2) is 0 Å². The van der Waals surface area contributed by atoms with E-state index < -0.39 is 0 Å². The highest BCUT2D eigenvalue weighted by Gasteiger charge is 2.10.